The number of hydrogen-bond acceptors (Lipinski definition) is 2. The van der Waals surface area contributed by atoms with Crippen LogP contribution in [0.3, 0.4) is 0 Å². The summed E-state index contributed by atoms with van der Waals surface area (Å²) in [5.74, 6) is 0.201. The fourth-order valence-electron chi connectivity index (χ4n) is 3.17. The Morgan fingerprint density at radius 2 is 2.00 bits per heavy atom. The molecule has 0 radical (unpaired) electrons. The summed E-state index contributed by atoms with van der Waals surface area (Å²) in [5.41, 5.74) is 1.05. The van der Waals surface area contributed by atoms with Crippen LogP contribution in [-0.2, 0) is 0 Å². The molecule has 1 saturated heterocycles. The first-order valence-electron chi connectivity index (χ1n) is 7.53. The Hall–Kier alpha value is -0.350. The zero-order valence-corrected chi connectivity index (χ0v) is 14.3. The van der Waals surface area contributed by atoms with Crippen molar-refractivity contribution in [2.24, 2.45) is 5.92 Å². The van der Waals surface area contributed by atoms with E-state index in [9.17, 15) is 4.39 Å². The van der Waals surface area contributed by atoms with Gasteiger partial charge in [0.1, 0.15) is 5.82 Å². The smallest absolute Gasteiger partial charge is 0.142 e. The van der Waals surface area contributed by atoms with E-state index < -0.39 is 0 Å². The van der Waals surface area contributed by atoms with E-state index in [1.165, 1.54) is 0 Å². The summed E-state index contributed by atoms with van der Waals surface area (Å²) in [5, 5.41) is 3.58. The highest BCUT2D eigenvalue weighted by Crippen LogP contribution is 2.33. The second-order valence-corrected chi connectivity index (χ2v) is 6.08. The van der Waals surface area contributed by atoms with Gasteiger partial charge in [0.05, 0.1) is 5.02 Å². The lowest BCUT2D eigenvalue weighted by Gasteiger charge is -2.38. The van der Waals surface area contributed by atoms with Crippen LogP contribution in [0, 0.1) is 11.7 Å². The molecule has 5 heteroatoms. The third kappa shape index (κ3) is 4.82. The Morgan fingerprint density at radius 3 is 2.57 bits per heavy atom. The van der Waals surface area contributed by atoms with Crippen LogP contribution in [0.25, 0.3) is 0 Å². The average Bonchev–Trinajstić information content (AvgIpc) is 2.44. The Morgan fingerprint density at radius 1 is 1.33 bits per heavy atom. The summed E-state index contributed by atoms with van der Waals surface area (Å²) in [4.78, 5) is 2.47. The molecule has 1 N–H and O–H groups in total. The molecule has 0 bridgehead atoms. The van der Waals surface area contributed by atoms with E-state index in [0.29, 0.717) is 5.92 Å². The number of hydrogen-bond donors (Lipinski definition) is 1. The first-order valence-corrected chi connectivity index (χ1v) is 7.91. The maximum absolute atomic E-state index is 13.8. The Kier molecular flexibility index (Phi) is 7.96. The molecular formula is C16H25Cl2FN2. The first-order chi connectivity index (χ1) is 9.63. The van der Waals surface area contributed by atoms with E-state index >= 15 is 0 Å². The van der Waals surface area contributed by atoms with Crippen molar-refractivity contribution in [3.8, 4) is 0 Å². The van der Waals surface area contributed by atoms with Crippen LogP contribution in [0.2, 0.25) is 5.02 Å². The molecule has 0 spiro atoms. The van der Waals surface area contributed by atoms with Crippen molar-refractivity contribution < 1.29 is 4.39 Å². The molecule has 0 saturated carbocycles. The third-order valence-electron chi connectivity index (χ3n) is 4.11. The summed E-state index contributed by atoms with van der Waals surface area (Å²) >= 11 is 5.81. The predicted molar refractivity (Wildman–Crippen MR) is 89.9 cm³/mol. The second-order valence-electron chi connectivity index (χ2n) is 5.67. The van der Waals surface area contributed by atoms with Crippen molar-refractivity contribution in [1.29, 1.82) is 0 Å². The van der Waals surface area contributed by atoms with Gasteiger partial charge in [-0.2, -0.15) is 0 Å². The molecule has 2 atom stereocenters. The second kappa shape index (κ2) is 8.94. The van der Waals surface area contributed by atoms with Crippen molar-refractivity contribution in [2.45, 2.75) is 32.7 Å². The fourth-order valence-corrected chi connectivity index (χ4v) is 3.29. The van der Waals surface area contributed by atoms with Gasteiger partial charge in [0.2, 0.25) is 0 Å². The van der Waals surface area contributed by atoms with Gasteiger partial charge in [-0.25, -0.2) is 4.39 Å². The van der Waals surface area contributed by atoms with Crippen LogP contribution >= 0.6 is 24.0 Å². The lowest BCUT2D eigenvalue weighted by Crippen LogP contribution is -2.46. The van der Waals surface area contributed by atoms with Crippen LogP contribution in [0.4, 0.5) is 4.39 Å². The molecule has 1 fully saturated rings. The summed E-state index contributed by atoms with van der Waals surface area (Å²) in [6.07, 6.45) is 2.30. The van der Waals surface area contributed by atoms with Crippen LogP contribution in [0.15, 0.2) is 18.2 Å². The average molecular weight is 335 g/mol. The highest BCUT2D eigenvalue weighted by molar-refractivity contribution is 6.30. The van der Waals surface area contributed by atoms with E-state index in [-0.39, 0.29) is 29.3 Å². The molecule has 2 nitrogen and oxygen atoms in total. The minimum absolute atomic E-state index is 0. The number of nitrogens with one attached hydrogen (secondary N) is 1. The van der Waals surface area contributed by atoms with E-state index in [0.717, 1.165) is 44.6 Å². The maximum Gasteiger partial charge on any atom is 0.142 e. The fraction of sp³-hybridized carbons (Fsp3) is 0.625. The molecule has 21 heavy (non-hydrogen) atoms. The summed E-state index contributed by atoms with van der Waals surface area (Å²) in [6, 6.07) is 5.55. The predicted octanol–water partition coefficient (Wildman–Crippen LogP) is 4.28. The summed E-state index contributed by atoms with van der Waals surface area (Å²) in [7, 11) is 0. The van der Waals surface area contributed by atoms with Gasteiger partial charge in [-0.1, -0.05) is 37.9 Å². The van der Waals surface area contributed by atoms with E-state index in [1.54, 1.807) is 12.1 Å². The Labute approximate surface area is 138 Å². The molecule has 1 aliphatic heterocycles. The molecule has 1 aromatic carbocycles. The molecule has 0 amide bonds. The van der Waals surface area contributed by atoms with Gasteiger partial charge in [-0.05, 0) is 30.0 Å². The molecule has 120 valence electrons. The zero-order valence-electron chi connectivity index (χ0n) is 12.7. The number of nitrogens with zero attached hydrogens (tertiary/aromatic N) is 1. The minimum atomic E-state index is -0.312. The SMILES string of the molecule is CCCC(C)[C@@H](c1ccc(Cl)c(F)c1)N1CCNCC1.Cl. The zero-order chi connectivity index (χ0) is 14.5. The van der Waals surface area contributed by atoms with Crippen LogP contribution in [0.1, 0.15) is 38.3 Å². The number of rotatable bonds is 5. The topological polar surface area (TPSA) is 15.3 Å². The molecule has 1 aliphatic rings. The lowest BCUT2D eigenvalue weighted by atomic mass is 9.89. The largest absolute Gasteiger partial charge is 0.314 e. The highest BCUT2D eigenvalue weighted by atomic mass is 35.5. The summed E-state index contributed by atoms with van der Waals surface area (Å²) < 4.78 is 13.8. The number of benzene rings is 1. The Bertz CT molecular complexity index is 436. The van der Waals surface area contributed by atoms with Crippen molar-refractivity contribution in [3.05, 3.63) is 34.6 Å². The van der Waals surface area contributed by atoms with E-state index in [1.807, 2.05) is 6.07 Å². The normalized spacial score (nSPS) is 18.9. The third-order valence-corrected chi connectivity index (χ3v) is 4.42. The number of halogens is 3. The maximum atomic E-state index is 13.8. The lowest BCUT2D eigenvalue weighted by molar-refractivity contribution is 0.126. The molecule has 2 rings (SSSR count). The van der Waals surface area contributed by atoms with Gasteiger partial charge < -0.3 is 5.32 Å². The molecule has 1 heterocycles. The highest BCUT2D eigenvalue weighted by Gasteiger charge is 2.27. The van der Waals surface area contributed by atoms with Crippen LogP contribution < -0.4 is 5.32 Å². The van der Waals surface area contributed by atoms with Gasteiger partial charge >= 0.3 is 0 Å². The number of piperazine rings is 1. The molecule has 0 aliphatic carbocycles. The van der Waals surface area contributed by atoms with Gasteiger partial charge in [-0.15, -0.1) is 12.4 Å². The Balaban J connectivity index is 0.00000220. The van der Waals surface area contributed by atoms with E-state index in [4.69, 9.17) is 11.6 Å². The molecule has 1 aromatic rings. The quantitative estimate of drug-likeness (QED) is 0.864. The molecular weight excluding hydrogens is 310 g/mol. The molecule has 1 unspecified atom stereocenters. The monoisotopic (exact) mass is 334 g/mol. The van der Waals surface area contributed by atoms with Crippen molar-refractivity contribution in [2.75, 3.05) is 26.2 Å². The van der Waals surface area contributed by atoms with Crippen molar-refractivity contribution in [3.63, 3.8) is 0 Å². The van der Waals surface area contributed by atoms with Gasteiger partial charge in [0.25, 0.3) is 0 Å². The molecule has 0 aromatic heterocycles. The van der Waals surface area contributed by atoms with Crippen LogP contribution in [-0.4, -0.2) is 31.1 Å². The standard InChI is InChI=1S/C16H24ClFN2.ClH/c1-3-4-12(2)16(20-9-7-19-8-10-20)13-5-6-14(17)15(18)11-13;/h5-6,11-12,16,19H,3-4,7-10H2,1-2H3;1H/t12?,16-;/m0./s1. The van der Waals surface area contributed by atoms with Crippen LogP contribution in [0.5, 0.6) is 0 Å². The van der Waals surface area contributed by atoms with Crippen molar-refractivity contribution in [1.82, 2.24) is 10.2 Å². The van der Waals surface area contributed by atoms with Crippen molar-refractivity contribution >= 4 is 24.0 Å². The van der Waals surface area contributed by atoms with Gasteiger partial charge in [0.15, 0.2) is 0 Å². The summed E-state index contributed by atoms with van der Waals surface area (Å²) in [6.45, 7) is 8.51. The minimum Gasteiger partial charge on any atom is -0.314 e. The van der Waals surface area contributed by atoms with Gasteiger partial charge in [-0.3, -0.25) is 4.90 Å². The first kappa shape index (κ1) is 18.7. The van der Waals surface area contributed by atoms with E-state index in [2.05, 4.69) is 24.1 Å². The van der Waals surface area contributed by atoms with Gasteiger partial charge in [0, 0.05) is 32.2 Å².